The van der Waals surface area contributed by atoms with Gasteiger partial charge in [0.05, 0.1) is 16.9 Å². The van der Waals surface area contributed by atoms with E-state index in [1.807, 2.05) is 6.92 Å². The summed E-state index contributed by atoms with van der Waals surface area (Å²) < 4.78 is 0. The van der Waals surface area contributed by atoms with Crippen molar-refractivity contribution in [1.29, 1.82) is 0 Å². The van der Waals surface area contributed by atoms with E-state index in [1.165, 1.54) is 18.3 Å². The Morgan fingerprint density at radius 1 is 1.61 bits per heavy atom. The molecule has 1 aliphatic rings. The molecule has 96 valence electrons. The molecule has 0 saturated carbocycles. The smallest absolute Gasteiger partial charge is 0.308 e. The first-order valence-corrected chi connectivity index (χ1v) is 5.57. The number of carboxylic acid groups (broad SMARTS) is 1. The van der Waals surface area contributed by atoms with Crippen molar-refractivity contribution < 1.29 is 14.8 Å². The van der Waals surface area contributed by atoms with Crippen LogP contribution in [0, 0.1) is 22.0 Å². The SMILES string of the molecule is CC1CN(c2cc([N+](=O)[O-])ccn2)CC1C(=O)O. The Bertz CT molecular complexity index is 491. The van der Waals surface area contributed by atoms with Gasteiger partial charge in [0.25, 0.3) is 5.69 Å². The van der Waals surface area contributed by atoms with Gasteiger partial charge in [0.2, 0.25) is 0 Å². The number of pyridine rings is 1. The predicted octanol–water partition coefficient (Wildman–Crippen LogP) is 1.15. The van der Waals surface area contributed by atoms with Crippen LogP contribution in [0.1, 0.15) is 6.92 Å². The predicted molar refractivity (Wildman–Crippen MR) is 63.4 cm³/mol. The van der Waals surface area contributed by atoms with Crippen LogP contribution >= 0.6 is 0 Å². The fraction of sp³-hybridized carbons (Fsp3) is 0.455. The normalized spacial score (nSPS) is 23.1. The molecule has 18 heavy (non-hydrogen) atoms. The molecule has 1 aliphatic heterocycles. The maximum atomic E-state index is 11.0. The van der Waals surface area contributed by atoms with Crippen LogP contribution in [-0.4, -0.2) is 34.1 Å². The third-order valence-electron chi connectivity index (χ3n) is 3.19. The van der Waals surface area contributed by atoms with Crippen LogP contribution in [0.2, 0.25) is 0 Å². The van der Waals surface area contributed by atoms with E-state index >= 15 is 0 Å². The van der Waals surface area contributed by atoms with E-state index in [9.17, 15) is 14.9 Å². The summed E-state index contributed by atoms with van der Waals surface area (Å²) in [7, 11) is 0. The fourth-order valence-electron chi connectivity index (χ4n) is 2.17. The highest BCUT2D eigenvalue weighted by atomic mass is 16.6. The van der Waals surface area contributed by atoms with E-state index in [2.05, 4.69) is 4.98 Å². The Kier molecular flexibility index (Phi) is 3.14. The second-order valence-corrected chi connectivity index (χ2v) is 4.46. The Labute approximate surface area is 103 Å². The molecule has 2 rings (SSSR count). The summed E-state index contributed by atoms with van der Waals surface area (Å²) in [5.41, 5.74) is -0.0357. The number of aromatic nitrogens is 1. The third-order valence-corrected chi connectivity index (χ3v) is 3.19. The molecule has 2 unspecified atom stereocenters. The van der Waals surface area contributed by atoms with Crippen LogP contribution in [0.4, 0.5) is 11.5 Å². The van der Waals surface area contributed by atoms with Crippen LogP contribution in [0.3, 0.4) is 0 Å². The van der Waals surface area contributed by atoms with E-state index in [4.69, 9.17) is 5.11 Å². The molecule has 7 heteroatoms. The first-order chi connectivity index (χ1) is 8.49. The minimum Gasteiger partial charge on any atom is -0.481 e. The minimum absolute atomic E-state index is 0.00330. The topological polar surface area (TPSA) is 96.6 Å². The van der Waals surface area contributed by atoms with Gasteiger partial charge in [-0.3, -0.25) is 14.9 Å². The first-order valence-electron chi connectivity index (χ1n) is 5.57. The highest BCUT2D eigenvalue weighted by Crippen LogP contribution is 2.28. The van der Waals surface area contributed by atoms with Crippen molar-refractivity contribution in [1.82, 2.24) is 4.98 Å². The standard InChI is InChI=1S/C11H13N3O4/c1-7-5-13(6-9(7)11(15)16)10-4-8(14(17)18)2-3-12-10/h2-4,7,9H,5-6H2,1H3,(H,15,16). The number of nitrogens with zero attached hydrogens (tertiary/aromatic N) is 3. The zero-order valence-electron chi connectivity index (χ0n) is 9.81. The van der Waals surface area contributed by atoms with E-state index in [0.29, 0.717) is 18.9 Å². The van der Waals surface area contributed by atoms with Crippen molar-refractivity contribution in [2.45, 2.75) is 6.92 Å². The van der Waals surface area contributed by atoms with Crippen molar-refractivity contribution in [3.8, 4) is 0 Å². The van der Waals surface area contributed by atoms with Gasteiger partial charge in [-0.05, 0) is 5.92 Å². The van der Waals surface area contributed by atoms with Gasteiger partial charge in [-0.25, -0.2) is 4.98 Å². The number of rotatable bonds is 3. The quantitative estimate of drug-likeness (QED) is 0.639. The van der Waals surface area contributed by atoms with Crippen molar-refractivity contribution in [3.63, 3.8) is 0 Å². The van der Waals surface area contributed by atoms with E-state index in [-0.39, 0.29) is 11.6 Å². The first kappa shape index (κ1) is 12.3. The molecular formula is C11H13N3O4. The molecule has 7 nitrogen and oxygen atoms in total. The molecule has 2 heterocycles. The summed E-state index contributed by atoms with van der Waals surface area (Å²) in [6.07, 6.45) is 1.37. The fourth-order valence-corrected chi connectivity index (χ4v) is 2.17. The highest BCUT2D eigenvalue weighted by Gasteiger charge is 2.35. The number of hydrogen-bond acceptors (Lipinski definition) is 5. The maximum Gasteiger partial charge on any atom is 0.308 e. The van der Waals surface area contributed by atoms with Crippen LogP contribution in [0.5, 0.6) is 0 Å². The Hall–Kier alpha value is -2.18. The van der Waals surface area contributed by atoms with Gasteiger partial charge in [-0.2, -0.15) is 0 Å². The molecule has 0 bridgehead atoms. The van der Waals surface area contributed by atoms with Crippen molar-refractivity contribution >= 4 is 17.5 Å². The number of nitro groups is 1. The molecule has 0 amide bonds. The summed E-state index contributed by atoms with van der Waals surface area (Å²) >= 11 is 0. The Balaban J connectivity index is 2.21. The number of aliphatic carboxylic acids is 1. The van der Waals surface area contributed by atoms with Gasteiger partial charge < -0.3 is 10.0 Å². The summed E-state index contributed by atoms with van der Waals surface area (Å²) in [6.45, 7) is 2.74. The third kappa shape index (κ3) is 2.24. The Morgan fingerprint density at radius 3 is 2.89 bits per heavy atom. The van der Waals surface area contributed by atoms with Crippen LogP contribution in [0.25, 0.3) is 0 Å². The van der Waals surface area contributed by atoms with E-state index in [1.54, 1.807) is 4.90 Å². The monoisotopic (exact) mass is 251 g/mol. The van der Waals surface area contributed by atoms with Crippen LogP contribution in [-0.2, 0) is 4.79 Å². The lowest BCUT2D eigenvalue weighted by molar-refractivity contribution is -0.384. The molecule has 0 aromatic carbocycles. The molecular weight excluding hydrogens is 238 g/mol. The lowest BCUT2D eigenvalue weighted by atomic mass is 9.99. The van der Waals surface area contributed by atoms with E-state index in [0.717, 1.165) is 0 Å². The molecule has 1 aromatic heterocycles. The second kappa shape index (κ2) is 4.59. The summed E-state index contributed by atoms with van der Waals surface area (Å²) in [4.78, 5) is 27.0. The number of anilines is 1. The molecule has 2 atom stereocenters. The molecule has 0 spiro atoms. The molecule has 1 aromatic rings. The average Bonchev–Trinajstić information content (AvgIpc) is 2.71. The number of carboxylic acids is 1. The zero-order valence-corrected chi connectivity index (χ0v) is 9.81. The van der Waals surface area contributed by atoms with Gasteiger partial charge >= 0.3 is 5.97 Å². The lowest BCUT2D eigenvalue weighted by Crippen LogP contribution is -2.23. The van der Waals surface area contributed by atoms with Crippen molar-refractivity contribution in [3.05, 3.63) is 28.4 Å². The zero-order chi connectivity index (χ0) is 13.3. The van der Waals surface area contributed by atoms with Gasteiger partial charge in [0.1, 0.15) is 5.82 Å². The average molecular weight is 251 g/mol. The highest BCUT2D eigenvalue weighted by molar-refractivity contribution is 5.72. The molecule has 1 fully saturated rings. The van der Waals surface area contributed by atoms with Gasteiger partial charge in [-0.15, -0.1) is 0 Å². The van der Waals surface area contributed by atoms with Crippen molar-refractivity contribution in [2.24, 2.45) is 11.8 Å². The lowest BCUT2D eigenvalue weighted by Gasteiger charge is -2.16. The van der Waals surface area contributed by atoms with Crippen LogP contribution in [0.15, 0.2) is 18.3 Å². The molecule has 0 aliphatic carbocycles. The summed E-state index contributed by atoms with van der Waals surface area (Å²) in [6, 6.07) is 2.69. The molecule has 0 radical (unpaired) electrons. The minimum atomic E-state index is -0.838. The largest absolute Gasteiger partial charge is 0.481 e. The van der Waals surface area contributed by atoms with Crippen LogP contribution < -0.4 is 4.90 Å². The Morgan fingerprint density at radius 2 is 2.33 bits per heavy atom. The summed E-state index contributed by atoms with van der Waals surface area (Å²) in [5.74, 6) is -0.829. The molecule has 1 saturated heterocycles. The second-order valence-electron chi connectivity index (χ2n) is 4.46. The maximum absolute atomic E-state index is 11.0. The number of carbonyl (C=O) groups is 1. The van der Waals surface area contributed by atoms with Gasteiger partial charge in [0, 0.05) is 25.4 Å². The van der Waals surface area contributed by atoms with Gasteiger partial charge in [0.15, 0.2) is 0 Å². The van der Waals surface area contributed by atoms with Gasteiger partial charge in [-0.1, -0.05) is 6.92 Å². The number of hydrogen-bond donors (Lipinski definition) is 1. The van der Waals surface area contributed by atoms with E-state index < -0.39 is 16.8 Å². The summed E-state index contributed by atoms with van der Waals surface area (Å²) in [5, 5.41) is 19.7. The van der Waals surface area contributed by atoms with Crippen molar-refractivity contribution in [2.75, 3.05) is 18.0 Å². The molecule has 1 N–H and O–H groups in total.